The van der Waals surface area contributed by atoms with E-state index in [4.69, 9.17) is 5.11 Å². The SMILES string of the molecule is O=C(/C=C\c1ccc(O)c(O)c1)c1ccc(O)c(O)c1O. The normalized spacial score (nSPS) is 10.9. The van der Waals surface area contributed by atoms with Crippen molar-refractivity contribution < 1.29 is 30.3 Å². The molecule has 0 bridgehead atoms. The van der Waals surface area contributed by atoms with E-state index in [1.54, 1.807) is 0 Å². The molecular weight excluding hydrogens is 276 g/mol. The summed E-state index contributed by atoms with van der Waals surface area (Å²) in [5.74, 6) is -3.21. The second kappa shape index (κ2) is 5.46. The van der Waals surface area contributed by atoms with Crippen molar-refractivity contribution in [3.63, 3.8) is 0 Å². The molecule has 0 fully saturated rings. The lowest BCUT2D eigenvalue weighted by Gasteiger charge is -2.04. The third kappa shape index (κ3) is 2.89. The summed E-state index contributed by atoms with van der Waals surface area (Å²) in [6, 6.07) is 6.26. The highest BCUT2D eigenvalue weighted by Crippen LogP contribution is 2.37. The number of carbonyl (C=O) groups is 1. The summed E-state index contributed by atoms with van der Waals surface area (Å²) >= 11 is 0. The van der Waals surface area contributed by atoms with Crippen molar-refractivity contribution >= 4 is 11.9 Å². The topological polar surface area (TPSA) is 118 Å². The van der Waals surface area contributed by atoms with Crippen LogP contribution in [0.5, 0.6) is 28.7 Å². The van der Waals surface area contributed by atoms with Gasteiger partial charge in [0.05, 0.1) is 5.56 Å². The highest BCUT2D eigenvalue weighted by atomic mass is 16.3. The van der Waals surface area contributed by atoms with E-state index in [-0.39, 0.29) is 17.1 Å². The van der Waals surface area contributed by atoms with Crippen LogP contribution < -0.4 is 0 Å². The van der Waals surface area contributed by atoms with E-state index in [0.29, 0.717) is 5.56 Å². The molecule has 0 atom stereocenters. The smallest absolute Gasteiger partial charge is 0.201 e. The average molecular weight is 288 g/mol. The fraction of sp³-hybridized carbons (Fsp3) is 0. The summed E-state index contributed by atoms with van der Waals surface area (Å²) in [4.78, 5) is 11.9. The number of aromatic hydroxyl groups is 5. The first-order valence-electron chi connectivity index (χ1n) is 5.88. The third-order valence-corrected chi connectivity index (χ3v) is 2.82. The highest BCUT2D eigenvalue weighted by Gasteiger charge is 2.15. The van der Waals surface area contributed by atoms with Crippen LogP contribution in [0, 0.1) is 0 Å². The van der Waals surface area contributed by atoms with E-state index in [9.17, 15) is 25.2 Å². The maximum absolute atomic E-state index is 11.9. The van der Waals surface area contributed by atoms with Gasteiger partial charge in [0, 0.05) is 0 Å². The van der Waals surface area contributed by atoms with Crippen molar-refractivity contribution in [1.82, 2.24) is 0 Å². The lowest BCUT2D eigenvalue weighted by atomic mass is 10.1. The van der Waals surface area contributed by atoms with Gasteiger partial charge in [0.1, 0.15) is 0 Å². The number of carbonyl (C=O) groups excluding carboxylic acids is 1. The summed E-state index contributed by atoms with van der Waals surface area (Å²) in [6.45, 7) is 0. The zero-order valence-electron chi connectivity index (χ0n) is 10.7. The van der Waals surface area contributed by atoms with Crippen LogP contribution in [-0.2, 0) is 0 Å². The molecule has 0 heterocycles. The number of rotatable bonds is 3. The molecular formula is C15H12O6. The van der Waals surface area contributed by atoms with Gasteiger partial charge in [-0.3, -0.25) is 4.79 Å². The molecule has 0 aliphatic carbocycles. The van der Waals surface area contributed by atoms with E-state index in [1.165, 1.54) is 30.3 Å². The molecule has 2 rings (SSSR count). The summed E-state index contributed by atoms with van der Waals surface area (Å²) in [5.41, 5.74) is 0.283. The van der Waals surface area contributed by atoms with Crippen LogP contribution in [0.4, 0.5) is 0 Å². The van der Waals surface area contributed by atoms with Crippen molar-refractivity contribution in [3.05, 3.63) is 47.5 Å². The number of phenolic OH excluding ortho intramolecular Hbond substituents is 5. The van der Waals surface area contributed by atoms with Crippen LogP contribution in [0.2, 0.25) is 0 Å². The first kappa shape index (κ1) is 14.3. The fourth-order valence-corrected chi connectivity index (χ4v) is 1.67. The second-order valence-electron chi connectivity index (χ2n) is 4.28. The van der Waals surface area contributed by atoms with Gasteiger partial charge in [-0.05, 0) is 35.9 Å². The van der Waals surface area contributed by atoms with Crippen LogP contribution in [0.25, 0.3) is 6.08 Å². The highest BCUT2D eigenvalue weighted by molar-refractivity contribution is 6.09. The summed E-state index contributed by atoms with van der Waals surface area (Å²) < 4.78 is 0. The molecule has 2 aromatic rings. The summed E-state index contributed by atoms with van der Waals surface area (Å²) in [6.07, 6.45) is 2.49. The van der Waals surface area contributed by atoms with Gasteiger partial charge in [0.2, 0.25) is 5.75 Å². The Hall–Kier alpha value is -3.15. The van der Waals surface area contributed by atoms with Gasteiger partial charge in [-0.25, -0.2) is 0 Å². The van der Waals surface area contributed by atoms with E-state index in [2.05, 4.69) is 0 Å². The minimum absolute atomic E-state index is 0.176. The first-order chi connectivity index (χ1) is 9.90. The van der Waals surface area contributed by atoms with Gasteiger partial charge >= 0.3 is 0 Å². The van der Waals surface area contributed by atoms with Gasteiger partial charge in [-0.2, -0.15) is 0 Å². The number of phenols is 5. The zero-order chi connectivity index (χ0) is 15.6. The van der Waals surface area contributed by atoms with Gasteiger partial charge in [-0.1, -0.05) is 12.1 Å². The Balaban J connectivity index is 2.27. The molecule has 0 aliphatic heterocycles. The quantitative estimate of drug-likeness (QED) is 0.335. The first-order valence-corrected chi connectivity index (χ1v) is 5.88. The molecule has 0 saturated carbocycles. The van der Waals surface area contributed by atoms with E-state index in [1.807, 2.05) is 0 Å². The van der Waals surface area contributed by atoms with Crippen LogP contribution >= 0.6 is 0 Å². The predicted molar refractivity (Wildman–Crippen MR) is 74.6 cm³/mol. The third-order valence-electron chi connectivity index (χ3n) is 2.82. The number of hydrogen-bond acceptors (Lipinski definition) is 6. The molecule has 5 N–H and O–H groups in total. The molecule has 0 aliphatic rings. The lowest BCUT2D eigenvalue weighted by molar-refractivity contribution is 0.104. The summed E-state index contributed by atoms with van der Waals surface area (Å²) in [5, 5.41) is 46.6. The lowest BCUT2D eigenvalue weighted by Crippen LogP contribution is -1.95. The number of hydrogen-bond donors (Lipinski definition) is 5. The predicted octanol–water partition coefficient (Wildman–Crippen LogP) is 2.11. The number of benzene rings is 2. The molecule has 0 aromatic heterocycles. The van der Waals surface area contributed by atoms with Crippen LogP contribution in [-0.4, -0.2) is 31.3 Å². The zero-order valence-corrected chi connectivity index (χ0v) is 10.7. The standard InChI is InChI=1S/C15H12O6/c16-10(9-3-6-12(18)15(21)14(9)20)4-1-8-2-5-11(17)13(19)7-8/h1-7,17-21H/b4-1-. The van der Waals surface area contributed by atoms with Gasteiger partial charge < -0.3 is 25.5 Å². The van der Waals surface area contributed by atoms with Gasteiger partial charge in [0.15, 0.2) is 28.8 Å². The van der Waals surface area contributed by atoms with Crippen molar-refractivity contribution in [2.75, 3.05) is 0 Å². The Kier molecular flexibility index (Phi) is 3.71. The Bertz CT molecular complexity index is 733. The largest absolute Gasteiger partial charge is 0.504 e. The Morgan fingerprint density at radius 1 is 0.810 bits per heavy atom. The second-order valence-corrected chi connectivity index (χ2v) is 4.28. The molecule has 21 heavy (non-hydrogen) atoms. The fourth-order valence-electron chi connectivity index (χ4n) is 1.67. The summed E-state index contributed by atoms with van der Waals surface area (Å²) in [7, 11) is 0. The van der Waals surface area contributed by atoms with E-state index in [0.717, 1.165) is 12.1 Å². The van der Waals surface area contributed by atoms with Crippen molar-refractivity contribution in [1.29, 1.82) is 0 Å². The minimum Gasteiger partial charge on any atom is -0.504 e. The van der Waals surface area contributed by atoms with Gasteiger partial charge in [-0.15, -0.1) is 0 Å². The van der Waals surface area contributed by atoms with Crippen molar-refractivity contribution in [2.45, 2.75) is 0 Å². The molecule has 6 nitrogen and oxygen atoms in total. The molecule has 0 radical (unpaired) electrons. The van der Waals surface area contributed by atoms with Crippen LogP contribution in [0.15, 0.2) is 36.4 Å². The molecule has 6 heteroatoms. The number of allylic oxidation sites excluding steroid dienone is 1. The maximum Gasteiger partial charge on any atom is 0.201 e. The maximum atomic E-state index is 11.9. The monoisotopic (exact) mass is 288 g/mol. The average Bonchev–Trinajstić information content (AvgIpc) is 2.46. The van der Waals surface area contributed by atoms with Crippen LogP contribution in [0.1, 0.15) is 15.9 Å². The van der Waals surface area contributed by atoms with E-state index < -0.39 is 23.0 Å². The van der Waals surface area contributed by atoms with Gasteiger partial charge in [0.25, 0.3) is 0 Å². The van der Waals surface area contributed by atoms with E-state index >= 15 is 0 Å². The van der Waals surface area contributed by atoms with Crippen LogP contribution in [0.3, 0.4) is 0 Å². The molecule has 108 valence electrons. The molecule has 0 spiro atoms. The Morgan fingerprint density at radius 2 is 1.48 bits per heavy atom. The molecule has 0 unspecified atom stereocenters. The Labute approximate surface area is 119 Å². The van der Waals surface area contributed by atoms with Crippen molar-refractivity contribution in [3.8, 4) is 28.7 Å². The molecule has 0 saturated heterocycles. The Morgan fingerprint density at radius 3 is 2.14 bits per heavy atom. The molecule has 2 aromatic carbocycles. The minimum atomic E-state index is -0.767. The number of ketones is 1. The molecule has 0 amide bonds. The van der Waals surface area contributed by atoms with Crippen molar-refractivity contribution in [2.24, 2.45) is 0 Å².